The molecular formula is C19H21FN2O6. The van der Waals surface area contributed by atoms with E-state index in [1.54, 1.807) is 4.57 Å². The number of carboxylic acids is 2. The van der Waals surface area contributed by atoms with Crippen LogP contribution in [0.2, 0.25) is 0 Å². The summed E-state index contributed by atoms with van der Waals surface area (Å²) in [6.45, 7) is 2.05. The van der Waals surface area contributed by atoms with Crippen LogP contribution in [-0.4, -0.2) is 44.5 Å². The lowest BCUT2D eigenvalue weighted by Crippen LogP contribution is -2.25. The molecule has 2 heterocycles. The van der Waals surface area contributed by atoms with Crippen LogP contribution < -0.4 is 10.7 Å². The lowest BCUT2D eigenvalue weighted by molar-refractivity contribution is -0.139. The molecule has 8 nitrogen and oxygen atoms in total. The molecule has 2 atom stereocenters. The summed E-state index contributed by atoms with van der Waals surface area (Å²) in [5.74, 6) is -3.16. The Balaban J connectivity index is 2.04. The van der Waals surface area contributed by atoms with Crippen LogP contribution in [0.3, 0.4) is 0 Å². The first-order valence-electron chi connectivity index (χ1n) is 8.98. The summed E-state index contributed by atoms with van der Waals surface area (Å²) in [7, 11) is 0. The Bertz CT molecular complexity index is 1020. The van der Waals surface area contributed by atoms with Crippen molar-refractivity contribution in [1.29, 1.82) is 0 Å². The van der Waals surface area contributed by atoms with Crippen molar-refractivity contribution in [1.82, 2.24) is 4.57 Å². The SMILES string of the molecule is CC1CCc2c(NCCC(O)CC(=O)O)c(F)cc3c(=O)c(C(=O)O)cn1c23. The van der Waals surface area contributed by atoms with E-state index in [4.69, 9.17) is 5.11 Å². The molecule has 150 valence electrons. The first kappa shape index (κ1) is 19.8. The maximum absolute atomic E-state index is 14.8. The molecule has 1 aliphatic rings. The van der Waals surface area contributed by atoms with Gasteiger partial charge >= 0.3 is 11.9 Å². The molecule has 0 spiro atoms. The number of pyridine rings is 1. The third kappa shape index (κ3) is 3.57. The molecule has 9 heteroatoms. The molecule has 0 aliphatic carbocycles. The number of hydrogen-bond acceptors (Lipinski definition) is 5. The van der Waals surface area contributed by atoms with E-state index in [1.807, 2.05) is 6.92 Å². The van der Waals surface area contributed by atoms with Gasteiger partial charge in [-0.25, -0.2) is 9.18 Å². The number of aliphatic hydroxyl groups excluding tert-OH is 1. The minimum absolute atomic E-state index is 0.0235. The number of nitrogens with zero attached hydrogens (tertiary/aromatic N) is 1. The number of aryl methyl sites for hydroxylation is 1. The van der Waals surface area contributed by atoms with E-state index in [0.717, 1.165) is 6.07 Å². The average Bonchev–Trinajstić information content (AvgIpc) is 2.60. The van der Waals surface area contributed by atoms with Gasteiger partial charge in [-0.2, -0.15) is 0 Å². The Labute approximate surface area is 159 Å². The molecule has 0 radical (unpaired) electrons. The third-order valence-corrected chi connectivity index (χ3v) is 5.08. The molecule has 2 unspecified atom stereocenters. The second-order valence-electron chi connectivity index (χ2n) is 7.05. The first-order chi connectivity index (χ1) is 13.2. The van der Waals surface area contributed by atoms with Gasteiger partial charge in [-0.05, 0) is 32.3 Å². The van der Waals surface area contributed by atoms with Crippen molar-refractivity contribution in [3.63, 3.8) is 0 Å². The Hall–Kier alpha value is -2.94. The average molecular weight is 392 g/mol. The van der Waals surface area contributed by atoms with E-state index >= 15 is 0 Å². The fourth-order valence-corrected chi connectivity index (χ4v) is 3.66. The Morgan fingerprint density at radius 1 is 1.39 bits per heavy atom. The van der Waals surface area contributed by atoms with Gasteiger partial charge < -0.3 is 25.2 Å². The molecule has 1 aromatic carbocycles. The second kappa shape index (κ2) is 7.59. The van der Waals surface area contributed by atoms with Gasteiger partial charge in [0.2, 0.25) is 5.43 Å². The van der Waals surface area contributed by atoms with Gasteiger partial charge in [0.25, 0.3) is 0 Å². The highest BCUT2D eigenvalue weighted by atomic mass is 19.1. The predicted molar refractivity (Wildman–Crippen MR) is 99.5 cm³/mol. The van der Waals surface area contributed by atoms with Crippen molar-refractivity contribution in [2.24, 2.45) is 0 Å². The highest BCUT2D eigenvalue weighted by Gasteiger charge is 2.26. The summed E-state index contributed by atoms with van der Waals surface area (Å²) < 4.78 is 16.5. The largest absolute Gasteiger partial charge is 0.481 e. The van der Waals surface area contributed by atoms with Gasteiger partial charge in [0.15, 0.2) is 0 Å². The Morgan fingerprint density at radius 3 is 2.75 bits per heavy atom. The zero-order valence-corrected chi connectivity index (χ0v) is 15.2. The molecule has 28 heavy (non-hydrogen) atoms. The number of aliphatic carboxylic acids is 1. The lowest BCUT2D eigenvalue weighted by Gasteiger charge is -2.28. The molecule has 0 saturated heterocycles. The molecule has 4 N–H and O–H groups in total. The summed E-state index contributed by atoms with van der Waals surface area (Å²) in [5.41, 5.74) is 0.150. The molecule has 1 aromatic heterocycles. The number of halogens is 1. The number of aromatic nitrogens is 1. The van der Waals surface area contributed by atoms with Crippen LogP contribution in [0.5, 0.6) is 0 Å². The van der Waals surface area contributed by atoms with Gasteiger partial charge in [0.05, 0.1) is 23.7 Å². The Morgan fingerprint density at radius 2 is 2.11 bits per heavy atom. The van der Waals surface area contributed by atoms with Gasteiger partial charge in [0, 0.05) is 29.7 Å². The molecule has 3 rings (SSSR count). The van der Waals surface area contributed by atoms with E-state index in [9.17, 15) is 29.0 Å². The zero-order valence-electron chi connectivity index (χ0n) is 15.2. The van der Waals surface area contributed by atoms with Gasteiger partial charge in [-0.3, -0.25) is 9.59 Å². The number of carboxylic acid groups (broad SMARTS) is 2. The summed E-state index contributed by atoms with van der Waals surface area (Å²) in [6.07, 6.45) is 1.11. The number of anilines is 1. The summed E-state index contributed by atoms with van der Waals surface area (Å²) >= 11 is 0. The Kier molecular flexibility index (Phi) is 5.37. The van der Waals surface area contributed by atoms with Crippen LogP contribution in [0, 0.1) is 5.82 Å². The third-order valence-electron chi connectivity index (χ3n) is 5.08. The van der Waals surface area contributed by atoms with E-state index in [0.29, 0.717) is 23.9 Å². The molecule has 0 saturated carbocycles. The number of nitrogens with one attached hydrogen (secondary N) is 1. The van der Waals surface area contributed by atoms with Gasteiger partial charge in [-0.15, -0.1) is 0 Å². The van der Waals surface area contributed by atoms with Crippen molar-refractivity contribution in [3.05, 3.63) is 39.4 Å². The highest BCUT2D eigenvalue weighted by Crippen LogP contribution is 2.36. The number of aromatic carboxylic acids is 1. The predicted octanol–water partition coefficient (Wildman–Crippen LogP) is 1.98. The van der Waals surface area contributed by atoms with E-state index in [-0.39, 0.29) is 30.1 Å². The summed E-state index contributed by atoms with van der Waals surface area (Å²) in [4.78, 5) is 34.5. The van der Waals surface area contributed by atoms with Crippen molar-refractivity contribution < 1.29 is 29.3 Å². The standard InChI is InChI=1S/C19H21FN2O6/c1-9-2-3-11-16(21-5-4-10(23)6-15(24)25)14(20)7-12-17(11)22(9)8-13(18(12)26)19(27)28/h7-10,21,23H,2-6H2,1H3,(H,24,25)(H,27,28). The molecule has 0 amide bonds. The number of benzene rings is 1. The van der Waals surface area contributed by atoms with Gasteiger partial charge in [0.1, 0.15) is 11.4 Å². The van der Waals surface area contributed by atoms with Crippen LogP contribution in [-0.2, 0) is 11.2 Å². The molecule has 0 fully saturated rings. The minimum atomic E-state index is -1.36. The molecule has 2 aromatic rings. The van der Waals surface area contributed by atoms with Gasteiger partial charge in [-0.1, -0.05) is 0 Å². The summed E-state index contributed by atoms with van der Waals surface area (Å²) in [6, 6.07) is 0.988. The van der Waals surface area contributed by atoms with Crippen molar-refractivity contribution in [2.75, 3.05) is 11.9 Å². The van der Waals surface area contributed by atoms with Crippen LogP contribution in [0.15, 0.2) is 17.1 Å². The number of carbonyl (C=O) groups is 2. The first-order valence-corrected chi connectivity index (χ1v) is 8.98. The number of hydrogen-bond donors (Lipinski definition) is 4. The van der Waals surface area contributed by atoms with E-state index in [2.05, 4.69) is 5.32 Å². The smallest absolute Gasteiger partial charge is 0.341 e. The van der Waals surface area contributed by atoms with Crippen molar-refractivity contribution >= 4 is 28.5 Å². The van der Waals surface area contributed by atoms with Crippen LogP contribution in [0.25, 0.3) is 10.9 Å². The lowest BCUT2D eigenvalue weighted by atomic mass is 9.94. The second-order valence-corrected chi connectivity index (χ2v) is 7.05. The van der Waals surface area contributed by atoms with Crippen molar-refractivity contribution in [2.45, 2.75) is 44.8 Å². The monoisotopic (exact) mass is 392 g/mol. The van der Waals surface area contributed by atoms with Crippen LogP contribution in [0.4, 0.5) is 10.1 Å². The fourth-order valence-electron chi connectivity index (χ4n) is 3.66. The van der Waals surface area contributed by atoms with Crippen LogP contribution >= 0.6 is 0 Å². The number of aliphatic hydroxyl groups is 1. The topological polar surface area (TPSA) is 129 Å². The molecule has 0 bridgehead atoms. The van der Waals surface area contributed by atoms with E-state index in [1.165, 1.54) is 6.20 Å². The van der Waals surface area contributed by atoms with E-state index < -0.39 is 41.3 Å². The maximum Gasteiger partial charge on any atom is 0.341 e. The van der Waals surface area contributed by atoms with Crippen molar-refractivity contribution in [3.8, 4) is 0 Å². The minimum Gasteiger partial charge on any atom is -0.481 e. The number of rotatable bonds is 7. The van der Waals surface area contributed by atoms with Crippen LogP contribution in [0.1, 0.15) is 48.1 Å². The normalized spacial score (nSPS) is 16.8. The fraction of sp³-hybridized carbons (Fsp3) is 0.421. The highest BCUT2D eigenvalue weighted by molar-refractivity contribution is 5.95. The quantitative estimate of drug-likeness (QED) is 0.567. The molecule has 1 aliphatic heterocycles. The zero-order chi connectivity index (χ0) is 20.6. The molecular weight excluding hydrogens is 371 g/mol. The maximum atomic E-state index is 14.8. The summed E-state index contributed by atoms with van der Waals surface area (Å²) in [5, 5.41) is 30.6.